The SMILES string of the molecule is O=C(C1CCCC1)N1CCO[C@](CCN2CCC3(CC2)c2ccccc2CC3O)(c2ccc(Cl)c(Cl)c2)C1. The van der Waals surface area contributed by atoms with Gasteiger partial charge in [-0.15, -0.1) is 0 Å². The van der Waals surface area contributed by atoms with Crippen molar-refractivity contribution in [2.45, 2.75) is 68.5 Å². The van der Waals surface area contributed by atoms with Crippen molar-refractivity contribution in [1.29, 1.82) is 0 Å². The average Bonchev–Trinajstić information content (AvgIpc) is 3.57. The molecule has 2 atom stereocenters. The molecular weight excluding hydrogens is 519 g/mol. The quantitative estimate of drug-likeness (QED) is 0.522. The summed E-state index contributed by atoms with van der Waals surface area (Å²) in [7, 11) is 0. The van der Waals surface area contributed by atoms with E-state index >= 15 is 0 Å². The average molecular weight is 558 g/mol. The van der Waals surface area contributed by atoms with E-state index in [0.717, 1.165) is 76.6 Å². The number of rotatable bonds is 5. The van der Waals surface area contributed by atoms with Gasteiger partial charge in [-0.25, -0.2) is 0 Å². The van der Waals surface area contributed by atoms with Gasteiger partial charge in [-0.2, -0.15) is 0 Å². The minimum atomic E-state index is -0.616. The van der Waals surface area contributed by atoms with E-state index in [1.165, 1.54) is 11.1 Å². The first-order chi connectivity index (χ1) is 18.4. The van der Waals surface area contributed by atoms with Gasteiger partial charge in [0, 0.05) is 24.4 Å². The Morgan fingerprint density at radius 2 is 1.79 bits per heavy atom. The fraction of sp³-hybridized carbons (Fsp3) is 0.581. The van der Waals surface area contributed by atoms with Gasteiger partial charge in [0.2, 0.25) is 5.91 Å². The van der Waals surface area contributed by atoms with Crippen molar-refractivity contribution in [3.8, 4) is 0 Å². The Morgan fingerprint density at radius 3 is 2.55 bits per heavy atom. The van der Waals surface area contributed by atoms with Crippen LogP contribution in [0.5, 0.6) is 0 Å². The topological polar surface area (TPSA) is 53.0 Å². The normalized spacial score (nSPS) is 27.7. The Hall–Kier alpha value is -1.63. The van der Waals surface area contributed by atoms with Gasteiger partial charge in [0.25, 0.3) is 0 Å². The highest BCUT2D eigenvalue weighted by atomic mass is 35.5. The summed E-state index contributed by atoms with van der Waals surface area (Å²) in [6.07, 6.45) is 7.43. The van der Waals surface area contributed by atoms with Crippen molar-refractivity contribution in [3.63, 3.8) is 0 Å². The molecule has 0 radical (unpaired) electrons. The number of aliphatic hydroxyl groups is 1. The number of nitrogens with zero attached hydrogens (tertiary/aromatic N) is 2. The number of fused-ring (bicyclic) bond motifs is 2. The van der Waals surface area contributed by atoms with Crippen LogP contribution < -0.4 is 0 Å². The molecule has 2 saturated heterocycles. The molecule has 1 unspecified atom stereocenters. The molecule has 6 rings (SSSR count). The molecule has 2 aliphatic heterocycles. The summed E-state index contributed by atoms with van der Waals surface area (Å²) in [6, 6.07) is 14.3. The van der Waals surface area contributed by atoms with E-state index in [-0.39, 0.29) is 23.3 Å². The lowest BCUT2D eigenvalue weighted by Crippen LogP contribution is -2.54. The van der Waals surface area contributed by atoms with Crippen molar-refractivity contribution < 1.29 is 14.6 Å². The largest absolute Gasteiger partial charge is 0.392 e. The van der Waals surface area contributed by atoms with Crippen molar-refractivity contribution in [2.75, 3.05) is 39.3 Å². The summed E-state index contributed by atoms with van der Waals surface area (Å²) < 4.78 is 6.58. The minimum Gasteiger partial charge on any atom is -0.392 e. The van der Waals surface area contributed by atoms with E-state index in [9.17, 15) is 9.90 Å². The second-order valence-corrected chi connectivity index (χ2v) is 12.7. The Bertz CT molecular complexity index is 1180. The number of amides is 1. The van der Waals surface area contributed by atoms with E-state index in [4.69, 9.17) is 27.9 Å². The van der Waals surface area contributed by atoms with Crippen molar-refractivity contribution in [3.05, 3.63) is 69.2 Å². The molecule has 4 aliphatic rings. The zero-order valence-corrected chi connectivity index (χ0v) is 23.5. The van der Waals surface area contributed by atoms with Crippen LogP contribution in [0.15, 0.2) is 42.5 Å². The maximum Gasteiger partial charge on any atom is 0.225 e. The van der Waals surface area contributed by atoms with Crippen molar-refractivity contribution >= 4 is 29.1 Å². The fourth-order valence-electron chi connectivity index (χ4n) is 7.54. The third kappa shape index (κ3) is 4.79. The summed E-state index contributed by atoms with van der Waals surface area (Å²) in [5.41, 5.74) is 2.89. The van der Waals surface area contributed by atoms with Gasteiger partial charge in [-0.1, -0.05) is 66.4 Å². The molecule has 7 heteroatoms. The van der Waals surface area contributed by atoms with Gasteiger partial charge in [-0.05, 0) is 80.4 Å². The zero-order valence-electron chi connectivity index (χ0n) is 22.0. The van der Waals surface area contributed by atoms with Crippen LogP contribution in [0.25, 0.3) is 0 Å². The Balaban J connectivity index is 1.19. The summed E-state index contributed by atoms with van der Waals surface area (Å²) in [4.78, 5) is 18.0. The molecule has 0 aromatic heterocycles. The highest BCUT2D eigenvalue weighted by Crippen LogP contribution is 2.47. The monoisotopic (exact) mass is 556 g/mol. The number of hydrogen-bond acceptors (Lipinski definition) is 4. The van der Waals surface area contributed by atoms with Crippen LogP contribution in [0.1, 0.15) is 61.6 Å². The predicted molar refractivity (Wildman–Crippen MR) is 151 cm³/mol. The minimum absolute atomic E-state index is 0.125. The van der Waals surface area contributed by atoms with Crippen LogP contribution in [0.3, 0.4) is 0 Å². The number of carbonyl (C=O) groups is 1. The maximum absolute atomic E-state index is 13.4. The summed E-state index contributed by atoms with van der Waals surface area (Å²) in [5.74, 6) is 0.433. The first-order valence-corrected chi connectivity index (χ1v) is 15.0. The molecule has 2 aromatic carbocycles. The number of benzene rings is 2. The van der Waals surface area contributed by atoms with E-state index in [2.05, 4.69) is 29.2 Å². The molecule has 0 bridgehead atoms. The van der Waals surface area contributed by atoms with Gasteiger partial charge in [0.1, 0.15) is 5.60 Å². The number of ether oxygens (including phenoxy) is 1. The standard InChI is InChI=1S/C31H38Cl2N2O3/c32-26-10-9-24(20-27(26)33)31(21-35(17-18-38-31)29(37)22-5-1-2-6-22)13-16-34-14-11-30(12-15-34)25-8-4-3-7-23(25)19-28(30)36/h3-4,7-10,20,22,28,36H,1-2,5-6,11-19,21H2/t28?,31-/m0/s1. The van der Waals surface area contributed by atoms with Crippen molar-refractivity contribution in [1.82, 2.24) is 9.80 Å². The molecule has 1 spiro atoms. The number of halogens is 2. The van der Waals surface area contributed by atoms with Crippen LogP contribution >= 0.6 is 23.2 Å². The Morgan fingerprint density at radius 1 is 1.03 bits per heavy atom. The maximum atomic E-state index is 13.4. The first-order valence-electron chi connectivity index (χ1n) is 14.3. The van der Waals surface area contributed by atoms with Gasteiger partial charge in [0.05, 0.1) is 29.3 Å². The number of carbonyl (C=O) groups excluding carboxylic acids is 1. The number of likely N-dealkylation sites (tertiary alicyclic amines) is 1. The smallest absolute Gasteiger partial charge is 0.225 e. The molecule has 5 nitrogen and oxygen atoms in total. The zero-order chi connectivity index (χ0) is 26.3. The van der Waals surface area contributed by atoms with Gasteiger partial charge in [0.15, 0.2) is 0 Å². The van der Waals surface area contributed by atoms with E-state index in [0.29, 0.717) is 29.7 Å². The van der Waals surface area contributed by atoms with Gasteiger partial charge < -0.3 is 19.6 Å². The molecule has 2 aliphatic carbocycles. The Labute approximate surface area is 236 Å². The molecule has 204 valence electrons. The molecule has 2 aromatic rings. The third-order valence-electron chi connectivity index (χ3n) is 9.83. The fourth-order valence-corrected chi connectivity index (χ4v) is 7.84. The summed E-state index contributed by atoms with van der Waals surface area (Å²) in [5, 5.41) is 12.1. The first kappa shape index (κ1) is 26.6. The van der Waals surface area contributed by atoms with Crippen LogP contribution in [0.4, 0.5) is 0 Å². The number of hydrogen-bond donors (Lipinski definition) is 1. The molecule has 1 N–H and O–H groups in total. The van der Waals surface area contributed by atoms with E-state index < -0.39 is 5.60 Å². The number of aliphatic hydroxyl groups excluding tert-OH is 1. The van der Waals surface area contributed by atoms with E-state index in [1.807, 2.05) is 23.1 Å². The lowest BCUT2D eigenvalue weighted by Gasteiger charge is -2.46. The molecule has 38 heavy (non-hydrogen) atoms. The van der Waals surface area contributed by atoms with Crippen LogP contribution in [-0.2, 0) is 27.0 Å². The second kappa shape index (κ2) is 10.7. The highest BCUT2D eigenvalue weighted by Gasteiger charge is 2.48. The predicted octanol–water partition coefficient (Wildman–Crippen LogP) is 5.58. The van der Waals surface area contributed by atoms with Gasteiger partial charge in [-0.3, -0.25) is 4.79 Å². The molecular formula is C31H38Cl2N2O3. The van der Waals surface area contributed by atoms with Crippen LogP contribution in [0.2, 0.25) is 10.0 Å². The van der Waals surface area contributed by atoms with Crippen LogP contribution in [0, 0.1) is 5.92 Å². The summed E-state index contributed by atoms with van der Waals surface area (Å²) >= 11 is 12.7. The number of piperidine rings is 1. The molecule has 1 amide bonds. The highest BCUT2D eigenvalue weighted by molar-refractivity contribution is 6.42. The van der Waals surface area contributed by atoms with E-state index in [1.54, 1.807) is 0 Å². The molecule has 2 heterocycles. The summed E-state index contributed by atoms with van der Waals surface area (Å²) in [6.45, 7) is 4.44. The Kier molecular flexibility index (Phi) is 7.51. The van der Waals surface area contributed by atoms with Crippen molar-refractivity contribution in [2.24, 2.45) is 5.92 Å². The molecule has 3 fully saturated rings. The lowest BCUT2D eigenvalue weighted by atomic mass is 9.72. The lowest BCUT2D eigenvalue weighted by molar-refractivity contribution is -0.158. The molecule has 1 saturated carbocycles. The number of morpholine rings is 1. The third-order valence-corrected chi connectivity index (χ3v) is 10.6. The van der Waals surface area contributed by atoms with Crippen LogP contribution in [-0.4, -0.2) is 66.2 Å². The second-order valence-electron chi connectivity index (χ2n) is 11.8. The van der Waals surface area contributed by atoms with Gasteiger partial charge >= 0.3 is 0 Å².